The number of nitrogens with zero attached hydrogens (tertiary/aromatic N) is 3. The highest BCUT2D eigenvalue weighted by Crippen LogP contribution is 2.48. The molecule has 0 saturated heterocycles. The van der Waals surface area contributed by atoms with E-state index < -0.39 is 0 Å². The van der Waals surface area contributed by atoms with Gasteiger partial charge in [0.15, 0.2) is 0 Å². The van der Waals surface area contributed by atoms with Crippen LogP contribution in [0.15, 0.2) is 77.4 Å². The monoisotopic (exact) mass is 603 g/mol. The molecule has 6 heteroatoms. The van der Waals surface area contributed by atoms with Gasteiger partial charge in [0, 0.05) is 40.9 Å². The van der Waals surface area contributed by atoms with Gasteiger partial charge >= 0.3 is 0 Å². The number of aromatic nitrogens is 1. The van der Waals surface area contributed by atoms with E-state index in [2.05, 4.69) is 94.0 Å². The van der Waals surface area contributed by atoms with E-state index in [0.717, 1.165) is 55.2 Å². The van der Waals surface area contributed by atoms with Gasteiger partial charge in [0.05, 0.1) is 6.54 Å². The molecule has 1 aromatic heterocycles. The largest absolute Gasteiger partial charge is 0.345 e. The molecule has 2 fully saturated rings. The molecule has 5 nitrogen and oxygen atoms in total. The van der Waals surface area contributed by atoms with Crippen LogP contribution in [0.25, 0.3) is 0 Å². The highest BCUT2D eigenvalue weighted by Gasteiger charge is 2.46. The van der Waals surface area contributed by atoms with E-state index in [0.29, 0.717) is 6.54 Å². The number of hydrogen-bond donors (Lipinski definition) is 0. The van der Waals surface area contributed by atoms with Crippen molar-refractivity contribution < 1.29 is 9.59 Å². The van der Waals surface area contributed by atoms with Crippen molar-refractivity contribution in [3.8, 4) is 0 Å². The maximum absolute atomic E-state index is 14.1. The van der Waals surface area contributed by atoms with Crippen LogP contribution in [-0.2, 0) is 22.7 Å². The molecule has 0 spiro atoms. The van der Waals surface area contributed by atoms with Crippen LogP contribution in [0.4, 0.5) is 0 Å². The van der Waals surface area contributed by atoms with Crippen molar-refractivity contribution in [2.75, 3.05) is 6.54 Å². The van der Waals surface area contributed by atoms with Gasteiger partial charge in [-0.15, -0.1) is 0 Å². The molecule has 1 heterocycles. The van der Waals surface area contributed by atoms with Gasteiger partial charge in [0.25, 0.3) is 0 Å². The standard InChI is InChI=1S/C34H42BrN3O2/c1-3-25(2)37(34(40)32-21-31(32)27-11-6-4-7-12-27)24-33(39)38(29-13-8-5-9-14-29)23-30-15-10-20-36(30)22-26-16-18-28(35)19-17-26/h4,6-7,10-12,15-20,25,29,31-32H,3,5,8-9,13-14,21-24H2,1-2H3/t25-,31+,32+/m1/s1. The molecule has 0 radical (unpaired) electrons. The molecule has 3 atom stereocenters. The smallest absolute Gasteiger partial charge is 0.242 e. The first kappa shape index (κ1) is 28.7. The minimum atomic E-state index is -0.0181. The van der Waals surface area contributed by atoms with Gasteiger partial charge in [-0.1, -0.05) is 84.6 Å². The average molecular weight is 605 g/mol. The lowest BCUT2D eigenvalue weighted by Crippen LogP contribution is -2.50. The molecular weight excluding hydrogens is 562 g/mol. The maximum Gasteiger partial charge on any atom is 0.242 e. The molecule has 2 saturated carbocycles. The third-order valence-electron chi connectivity index (χ3n) is 8.90. The molecule has 40 heavy (non-hydrogen) atoms. The van der Waals surface area contributed by atoms with Crippen molar-refractivity contribution in [1.82, 2.24) is 14.4 Å². The summed E-state index contributed by atoms with van der Waals surface area (Å²) in [4.78, 5) is 31.9. The Labute approximate surface area is 247 Å². The maximum atomic E-state index is 14.1. The first-order valence-electron chi connectivity index (χ1n) is 15.0. The molecule has 2 aromatic carbocycles. The Kier molecular flexibility index (Phi) is 9.46. The van der Waals surface area contributed by atoms with E-state index in [1.807, 2.05) is 23.1 Å². The zero-order valence-electron chi connectivity index (χ0n) is 23.8. The van der Waals surface area contributed by atoms with Crippen LogP contribution in [0.5, 0.6) is 0 Å². The van der Waals surface area contributed by atoms with Crippen molar-refractivity contribution in [2.24, 2.45) is 5.92 Å². The molecule has 2 aliphatic carbocycles. The quantitative estimate of drug-likeness (QED) is 0.229. The van der Waals surface area contributed by atoms with E-state index in [1.54, 1.807) is 0 Å². The topological polar surface area (TPSA) is 45.6 Å². The highest BCUT2D eigenvalue weighted by molar-refractivity contribution is 9.10. The fourth-order valence-electron chi connectivity index (χ4n) is 6.18. The van der Waals surface area contributed by atoms with Gasteiger partial charge in [-0.25, -0.2) is 0 Å². The normalized spacial score (nSPS) is 19.7. The molecule has 2 amide bonds. The first-order valence-corrected chi connectivity index (χ1v) is 15.8. The summed E-state index contributed by atoms with van der Waals surface area (Å²) in [6, 6.07) is 23.2. The summed E-state index contributed by atoms with van der Waals surface area (Å²) in [7, 11) is 0. The van der Waals surface area contributed by atoms with Gasteiger partial charge in [0.1, 0.15) is 6.54 Å². The Morgan fingerprint density at radius 1 is 0.975 bits per heavy atom. The lowest BCUT2D eigenvalue weighted by molar-refractivity contribution is -0.145. The van der Waals surface area contributed by atoms with Gasteiger partial charge < -0.3 is 14.4 Å². The molecule has 0 unspecified atom stereocenters. The fourth-order valence-corrected chi connectivity index (χ4v) is 6.44. The summed E-state index contributed by atoms with van der Waals surface area (Å²) < 4.78 is 3.32. The highest BCUT2D eigenvalue weighted by atomic mass is 79.9. The van der Waals surface area contributed by atoms with Gasteiger partial charge in [-0.3, -0.25) is 9.59 Å². The Hall–Kier alpha value is -2.86. The Morgan fingerprint density at radius 3 is 2.40 bits per heavy atom. The van der Waals surface area contributed by atoms with Crippen molar-refractivity contribution >= 4 is 27.7 Å². The van der Waals surface area contributed by atoms with Crippen LogP contribution in [0.2, 0.25) is 0 Å². The van der Waals surface area contributed by atoms with Crippen LogP contribution in [0, 0.1) is 5.92 Å². The molecule has 0 aliphatic heterocycles. The van der Waals surface area contributed by atoms with Crippen LogP contribution < -0.4 is 0 Å². The number of amides is 2. The van der Waals surface area contributed by atoms with Crippen molar-refractivity contribution in [1.29, 1.82) is 0 Å². The number of benzene rings is 2. The first-order chi connectivity index (χ1) is 19.4. The SMILES string of the molecule is CC[C@@H](C)N(CC(=O)N(Cc1cccn1Cc1ccc(Br)cc1)C1CCCCC1)C(=O)[C@H]1C[C@H]1c1ccccc1. The van der Waals surface area contributed by atoms with Crippen LogP contribution >= 0.6 is 15.9 Å². The summed E-state index contributed by atoms with van der Waals surface area (Å²) >= 11 is 3.52. The van der Waals surface area contributed by atoms with Crippen LogP contribution in [-0.4, -0.2) is 44.8 Å². The average Bonchev–Trinajstić information content (AvgIpc) is 3.68. The lowest BCUT2D eigenvalue weighted by atomic mass is 9.94. The van der Waals surface area contributed by atoms with E-state index in [9.17, 15) is 9.59 Å². The zero-order valence-corrected chi connectivity index (χ0v) is 25.4. The fraction of sp³-hybridized carbons (Fsp3) is 0.471. The number of carbonyl (C=O) groups excluding carboxylic acids is 2. The number of carbonyl (C=O) groups is 2. The number of hydrogen-bond acceptors (Lipinski definition) is 2. The molecule has 212 valence electrons. The predicted octanol–water partition coefficient (Wildman–Crippen LogP) is 7.39. The summed E-state index contributed by atoms with van der Waals surface area (Å²) in [5.41, 5.74) is 3.59. The van der Waals surface area contributed by atoms with Crippen molar-refractivity contribution in [3.63, 3.8) is 0 Å². The summed E-state index contributed by atoms with van der Waals surface area (Å²) in [5.74, 6) is 0.467. The number of halogens is 1. The minimum Gasteiger partial charge on any atom is -0.345 e. The summed E-state index contributed by atoms with van der Waals surface area (Å²) in [5, 5.41) is 0. The second-order valence-electron chi connectivity index (χ2n) is 11.7. The Balaban J connectivity index is 1.32. The van der Waals surface area contributed by atoms with Crippen LogP contribution in [0.3, 0.4) is 0 Å². The third kappa shape index (κ3) is 6.88. The molecular formula is C34H42BrN3O2. The molecule has 0 N–H and O–H groups in total. The Bertz CT molecular complexity index is 1270. The van der Waals surface area contributed by atoms with E-state index in [1.165, 1.54) is 17.5 Å². The molecule has 0 bridgehead atoms. The number of rotatable bonds is 11. The molecule has 5 rings (SSSR count). The predicted molar refractivity (Wildman–Crippen MR) is 164 cm³/mol. The van der Waals surface area contributed by atoms with E-state index in [4.69, 9.17) is 0 Å². The van der Waals surface area contributed by atoms with E-state index >= 15 is 0 Å². The molecule has 2 aliphatic rings. The minimum absolute atomic E-state index is 0.0181. The summed E-state index contributed by atoms with van der Waals surface area (Å²) in [6.07, 6.45) is 9.43. The van der Waals surface area contributed by atoms with Gasteiger partial charge in [-0.2, -0.15) is 0 Å². The summed E-state index contributed by atoms with van der Waals surface area (Å²) in [6.45, 7) is 5.69. The van der Waals surface area contributed by atoms with Crippen molar-refractivity contribution in [2.45, 2.75) is 89.9 Å². The Morgan fingerprint density at radius 2 is 1.70 bits per heavy atom. The molecule has 3 aromatic rings. The lowest BCUT2D eigenvalue weighted by Gasteiger charge is -2.37. The third-order valence-corrected chi connectivity index (χ3v) is 9.43. The van der Waals surface area contributed by atoms with Crippen LogP contribution in [0.1, 0.15) is 81.5 Å². The van der Waals surface area contributed by atoms with E-state index in [-0.39, 0.29) is 42.3 Å². The second kappa shape index (κ2) is 13.2. The van der Waals surface area contributed by atoms with Crippen molar-refractivity contribution in [3.05, 3.63) is 94.2 Å². The zero-order chi connectivity index (χ0) is 28.1. The van der Waals surface area contributed by atoms with Gasteiger partial charge in [0.2, 0.25) is 11.8 Å². The van der Waals surface area contributed by atoms with Gasteiger partial charge in [-0.05, 0) is 73.9 Å². The second-order valence-corrected chi connectivity index (χ2v) is 12.6.